The van der Waals surface area contributed by atoms with Gasteiger partial charge >= 0.3 is 5.97 Å². The first-order valence-corrected chi connectivity index (χ1v) is 13.9. The summed E-state index contributed by atoms with van der Waals surface area (Å²) in [7, 11) is 0. The zero-order chi connectivity index (χ0) is 29.4. The number of hydrogen-bond acceptors (Lipinski definition) is 7. The van der Waals surface area contributed by atoms with E-state index in [4.69, 9.17) is 20.4 Å². The minimum absolute atomic E-state index is 0.0883. The molecule has 212 valence electrons. The second-order valence-electron chi connectivity index (χ2n) is 9.58. The van der Waals surface area contributed by atoms with Crippen LogP contribution in [0.2, 0.25) is 0 Å². The first-order valence-electron chi connectivity index (χ1n) is 13.9. The number of aryl methyl sites for hydroxylation is 1. The van der Waals surface area contributed by atoms with Gasteiger partial charge in [-0.15, -0.1) is 12.3 Å². The van der Waals surface area contributed by atoms with Gasteiger partial charge in [0.05, 0.1) is 6.54 Å². The second-order valence-corrected chi connectivity index (χ2v) is 9.58. The normalized spacial score (nSPS) is 19.2. The molecule has 0 saturated heterocycles. The first kappa shape index (κ1) is 29.5. The maximum absolute atomic E-state index is 13.2. The van der Waals surface area contributed by atoms with Crippen LogP contribution in [0.15, 0.2) is 83.4 Å². The Kier molecular flexibility index (Phi) is 9.56. The molecule has 41 heavy (non-hydrogen) atoms. The van der Waals surface area contributed by atoms with Gasteiger partial charge in [0.2, 0.25) is 5.60 Å². The number of nitrogens with zero attached hydrogens (tertiary/aromatic N) is 2. The number of para-hydroxylation sites is 2. The topological polar surface area (TPSA) is 122 Å². The molecular formula is C33H36N3O5+. The zero-order valence-corrected chi connectivity index (χ0v) is 23.6. The lowest BCUT2D eigenvalue weighted by Crippen LogP contribution is -2.55. The van der Waals surface area contributed by atoms with E-state index in [0.717, 1.165) is 18.5 Å². The van der Waals surface area contributed by atoms with E-state index in [0.29, 0.717) is 40.8 Å². The number of hydrogen-bond donors (Lipinski definition) is 2. The predicted octanol–water partition coefficient (Wildman–Crippen LogP) is 4.91. The Morgan fingerprint density at radius 2 is 1.63 bits per heavy atom. The van der Waals surface area contributed by atoms with Crippen LogP contribution < -0.4 is 10.5 Å². The Bertz CT molecular complexity index is 1450. The summed E-state index contributed by atoms with van der Waals surface area (Å²) in [5.41, 5.74) is 3.69. The Labute approximate surface area is 240 Å². The van der Waals surface area contributed by atoms with Gasteiger partial charge in [-0.1, -0.05) is 73.6 Å². The third-order valence-corrected chi connectivity index (χ3v) is 7.11. The summed E-state index contributed by atoms with van der Waals surface area (Å²) in [4.78, 5) is 17.3. The van der Waals surface area contributed by atoms with E-state index < -0.39 is 11.6 Å². The fourth-order valence-electron chi connectivity index (χ4n) is 5.02. The monoisotopic (exact) mass is 554 g/mol. The van der Waals surface area contributed by atoms with Crippen LogP contribution in [0.3, 0.4) is 0 Å². The number of carbonyl (C=O) groups excluding carboxylic acids is 1. The van der Waals surface area contributed by atoms with Crippen LogP contribution in [0.25, 0.3) is 11.5 Å². The van der Waals surface area contributed by atoms with Crippen molar-refractivity contribution in [2.45, 2.75) is 45.3 Å². The molecule has 6 rings (SSSR count). The van der Waals surface area contributed by atoms with Crippen molar-refractivity contribution in [3.8, 4) is 35.3 Å². The smallest absolute Gasteiger partial charge is 0.348 e. The average molecular weight is 555 g/mol. The number of ether oxygens (including phenoxy) is 2. The summed E-state index contributed by atoms with van der Waals surface area (Å²) >= 11 is 0. The Hall–Kier alpha value is -4.45. The molecule has 3 aromatic carbocycles. The maximum atomic E-state index is 13.2. The number of terminal acetylenes is 1. The SMILES string of the molecule is C#CC1CC(OC(=O)C2(O)c3ccccc3Oc3ccccc32)C1CC[NH3+].CC.Cc1noc(-c2ccccc2)n1. The molecule has 1 aliphatic carbocycles. The molecule has 8 heteroatoms. The van der Waals surface area contributed by atoms with Gasteiger partial charge in [0.15, 0.2) is 5.82 Å². The lowest BCUT2D eigenvalue weighted by molar-refractivity contribution is -0.372. The number of carbonyl (C=O) groups is 1. The number of esters is 1. The summed E-state index contributed by atoms with van der Waals surface area (Å²) in [6.07, 6.45) is 6.67. The van der Waals surface area contributed by atoms with E-state index in [-0.39, 0.29) is 17.9 Å². The van der Waals surface area contributed by atoms with E-state index in [1.54, 1.807) is 55.5 Å². The average Bonchev–Trinajstić information content (AvgIpc) is 3.46. The van der Waals surface area contributed by atoms with Gasteiger partial charge in [0.1, 0.15) is 17.6 Å². The molecule has 0 radical (unpaired) electrons. The molecule has 3 unspecified atom stereocenters. The van der Waals surface area contributed by atoms with Crippen LogP contribution in [0.1, 0.15) is 43.6 Å². The van der Waals surface area contributed by atoms with E-state index >= 15 is 0 Å². The van der Waals surface area contributed by atoms with Crippen molar-refractivity contribution in [1.29, 1.82) is 0 Å². The number of rotatable bonds is 5. The molecule has 0 spiro atoms. The highest BCUT2D eigenvalue weighted by atomic mass is 16.6. The third kappa shape index (κ3) is 6.02. The van der Waals surface area contributed by atoms with Crippen molar-refractivity contribution in [2.75, 3.05) is 6.54 Å². The quantitative estimate of drug-likeness (QED) is 0.265. The summed E-state index contributed by atoms with van der Waals surface area (Å²) in [6, 6.07) is 23.7. The van der Waals surface area contributed by atoms with Gasteiger partial charge in [-0.2, -0.15) is 4.98 Å². The van der Waals surface area contributed by atoms with Gasteiger partial charge in [-0.3, -0.25) is 0 Å². The summed E-state index contributed by atoms with van der Waals surface area (Å²) in [5, 5.41) is 15.3. The summed E-state index contributed by atoms with van der Waals surface area (Å²) in [6.45, 7) is 6.52. The lowest BCUT2D eigenvalue weighted by atomic mass is 9.69. The van der Waals surface area contributed by atoms with Gasteiger partial charge in [0, 0.05) is 34.9 Å². The molecule has 4 N–H and O–H groups in total. The molecule has 2 aliphatic rings. The summed E-state index contributed by atoms with van der Waals surface area (Å²) in [5.74, 6) is 4.37. The Morgan fingerprint density at radius 3 is 2.17 bits per heavy atom. The van der Waals surface area contributed by atoms with E-state index in [1.165, 1.54) is 0 Å². The van der Waals surface area contributed by atoms with Crippen LogP contribution in [0.4, 0.5) is 0 Å². The van der Waals surface area contributed by atoms with Crippen molar-refractivity contribution >= 4 is 5.97 Å². The van der Waals surface area contributed by atoms with Crippen LogP contribution >= 0.6 is 0 Å². The van der Waals surface area contributed by atoms with Crippen molar-refractivity contribution in [2.24, 2.45) is 11.8 Å². The zero-order valence-electron chi connectivity index (χ0n) is 23.6. The highest BCUT2D eigenvalue weighted by Gasteiger charge is 2.51. The van der Waals surface area contributed by atoms with Crippen molar-refractivity contribution < 1.29 is 29.6 Å². The second kappa shape index (κ2) is 13.3. The van der Waals surface area contributed by atoms with E-state index in [1.807, 2.05) is 44.2 Å². The number of fused-ring (bicyclic) bond motifs is 2. The molecule has 3 atom stereocenters. The fourth-order valence-corrected chi connectivity index (χ4v) is 5.02. The standard InChI is InChI=1S/C22H21NO4.C9H8N2O.C2H6/c1-2-14-13-20(15(14)11-12-23)27-21(24)22(25)16-7-3-5-9-18(16)26-19-10-6-4-8-17(19)22;1-7-10-9(12-11-7)8-5-3-2-4-6-8;1-2/h1,3-10,14-15,20,25H,11-13,23H2;2-6H,1H3;1-2H3/p+1. The number of aliphatic hydroxyl groups is 1. The number of benzene rings is 3. The first-order chi connectivity index (χ1) is 20.0. The Balaban J connectivity index is 0.000000230. The number of quaternary nitrogens is 1. The molecule has 2 heterocycles. The van der Waals surface area contributed by atoms with E-state index in [2.05, 4.69) is 21.8 Å². The van der Waals surface area contributed by atoms with E-state index in [9.17, 15) is 9.90 Å². The Morgan fingerprint density at radius 1 is 1.05 bits per heavy atom. The molecule has 1 aromatic heterocycles. The largest absolute Gasteiger partial charge is 0.459 e. The molecule has 1 saturated carbocycles. The maximum Gasteiger partial charge on any atom is 0.348 e. The van der Waals surface area contributed by atoms with Crippen molar-refractivity contribution in [3.05, 3.63) is 95.8 Å². The molecule has 4 aromatic rings. The number of aromatic nitrogens is 2. The van der Waals surface area contributed by atoms with Gasteiger partial charge in [-0.25, -0.2) is 4.79 Å². The lowest BCUT2D eigenvalue weighted by Gasteiger charge is -2.43. The minimum atomic E-state index is -1.91. The van der Waals surface area contributed by atoms with Gasteiger partial charge in [0.25, 0.3) is 5.89 Å². The molecular weight excluding hydrogens is 518 g/mol. The van der Waals surface area contributed by atoms with Gasteiger partial charge < -0.3 is 24.8 Å². The minimum Gasteiger partial charge on any atom is -0.459 e. The van der Waals surface area contributed by atoms with Crippen LogP contribution in [0, 0.1) is 31.1 Å². The van der Waals surface area contributed by atoms with Crippen molar-refractivity contribution in [3.63, 3.8) is 0 Å². The third-order valence-electron chi connectivity index (χ3n) is 7.11. The summed E-state index contributed by atoms with van der Waals surface area (Å²) < 4.78 is 16.6. The molecule has 1 aliphatic heterocycles. The molecule has 1 fully saturated rings. The molecule has 0 amide bonds. The molecule has 0 bridgehead atoms. The fraction of sp³-hybridized carbons (Fsp3) is 0.303. The van der Waals surface area contributed by atoms with Crippen LogP contribution in [-0.4, -0.2) is 33.9 Å². The van der Waals surface area contributed by atoms with Crippen LogP contribution in [-0.2, 0) is 15.1 Å². The van der Waals surface area contributed by atoms with Crippen molar-refractivity contribution in [1.82, 2.24) is 10.1 Å². The van der Waals surface area contributed by atoms with Crippen LogP contribution in [0.5, 0.6) is 11.5 Å². The highest BCUT2D eigenvalue weighted by molar-refractivity contribution is 5.88. The van der Waals surface area contributed by atoms with Gasteiger partial charge in [-0.05, 0) is 37.6 Å². The predicted molar refractivity (Wildman–Crippen MR) is 154 cm³/mol. The molecule has 8 nitrogen and oxygen atoms in total. The highest BCUT2D eigenvalue weighted by Crippen LogP contribution is 2.48.